The number of anilines is 2. The molecule has 0 atom stereocenters. The highest BCUT2D eigenvalue weighted by atomic mass is 79.9. The number of rotatable bonds is 4. The average molecular weight is 392 g/mol. The van der Waals surface area contributed by atoms with Gasteiger partial charge in [0, 0.05) is 6.07 Å². The molecule has 2 aromatic rings. The van der Waals surface area contributed by atoms with Crippen molar-refractivity contribution in [2.45, 2.75) is 4.90 Å². The molecule has 0 aromatic heterocycles. The molecule has 0 unspecified atom stereocenters. The second kappa shape index (κ2) is 6.13. The maximum absolute atomic E-state index is 12.4. The zero-order valence-corrected chi connectivity index (χ0v) is 14.1. The molecule has 0 aliphatic heterocycles. The maximum Gasteiger partial charge on any atom is 0.262 e. The summed E-state index contributed by atoms with van der Waals surface area (Å²) in [7, 11) is -2.36. The number of benzene rings is 2. The van der Waals surface area contributed by atoms with Crippen molar-refractivity contribution in [3.63, 3.8) is 0 Å². The van der Waals surface area contributed by atoms with Crippen LogP contribution in [0.5, 0.6) is 5.75 Å². The van der Waals surface area contributed by atoms with Crippen LogP contribution in [0.4, 0.5) is 11.4 Å². The third kappa shape index (κ3) is 3.42. The van der Waals surface area contributed by atoms with E-state index in [1.807, 2.05) is 0 Å². The summed E-state index contributed by atoms with van der Waals surface area (Å²) in [4.78, 5) is 0.0421. The Kier molecular flexibility index (Phi) is 4.65. The number of ether oxygens (including phenoxy) is 1. The van der Waals surface area contributed by atoms with E-state index in [2.05, 4.69) is 20.7 Å². The van der Waals surface area contributed by atoms with Crippen molar-refractivity contribution in [1.29, 1.82) is 0 Å². The molecule has 0 heterocycles. The summed E-state index contributed by atoms with van der Waals surface area (Å²) in [6, 6.07) is 9.13. The number of nitrogen functional groups attached to an aromatic ring is 1. The minimum absolute atomic E-state index is 0.0421. The average Bonchev–Trinajstić information content (AvgIpc) is 2.44. The lowest BCUT2D eigenvalue weighted by molar-refractivity contribution is 0.415. The van der Waals surface area contributed by atoms with Crippen LogP contribution < -0.4 is 15.2 Å². The smallest absolute Gasteiger partial charge is 0.262 e. The van der Waals surface area contributed by atoms with Crippen LogP contribution in [0, 0.1) is 0 Å². The van der Waals surface area contributed by atoms with Gasteiger partial charge in [0.15, 0.2) is 0 Å². The second-order valence-corrected chi connectivity index (χ2v) is 6.99. The summed E-state index contributed by atoms with van der Waals surface area (Å²) in [5, 5.41) is 0.407. The molecule has 3 N–H and O–H groups in total. The van der Waals surface area contributed by atoms with Crippen molar-refractivity contribution >= 4 is 48.9 Å². The molecule has 0 saturated heterocycles. The van der Waals surface area contributed by atoms with E-state index in [0.29, 0.717) is 26.6 Å². The lowest BCUT2D eigenvalue weighted by atomic mass is 10.3. The highest BCUT2D eigenvalue weighted by Gasteiger charge is 2.18. The molecule has 5 nitrogen and oxygen atoms in total. The number of methoxy groups -OCH3 is 1. The maximum atomic E-state index is 12.4. The van der Waals surface area contributed by atoms with E-state index in [1.165, 1.54) is 25.3 Å². The normalized spacial score (nSPS) is 11.2. The zero-order chi connectivity index (χ0) is 15.6. The van der Waals surface area contributed by atoms with E-state index in [-0.39, 0.29) is 4.90 Å². The van der Waals surface area contributed by atoms with Crippen molar-refractivity contribution in [2.24, 2.45) is 0 Å². The van der Waals surface area contributed by atoms with Crippen LogP contribution in [0.3, 0.4) is 0 Å². The standard InChI is InChI=1S/C13H12BrClN2O3S/c1-20-12-7-8(5-6-10(12)16)21(18,19)17-11-4-2-3-9(15)13(11)14/h2-7,17H,16H2,1H3. The molecule has 8 heteroatoms. The molecule has 0 radical (unpaired) electrons. The van der Waals surface area contributed by atoms with E-state index in [4.69, 9.17) is 22.1 Å². The summed E-state index contributed by atoms with van der Waals surface area (Å²) >= 11 is 9.18. The van der Waals surface area contributed by atoms with Gasteiger partial charge in [-0.1, -0.05) is 17.7 Å². The van der Waals surface area contributed by atoms with Crippen LogP contribution in [0.15, 0.2) is 45.8 Å². The molecule has 0 aliphatic rings. The highest BCUT2D eigenvalue weighted by Crippen LogP contribution is 2.32. The fraction of sp³-hybridized carbons (Fsp3) is 0.0769. The summed E-state index contributed by atoms with van der Waals surface area (Å²) in [5.74, 6) is 0.294. The Bertz CT molecular complexity index is 781. The summed E-state index contributed by atoms with van der Waals surface area (Å²) in [6.07, 6.45) is 0. The topological polar surface area (TPSA) is 81.4 Å². The highest BCUT2D eigenvalue weighted by molar-refractivity contribution is 9.10. The van der Waals surface area contributed by atoms with Crippen LogP contribution in [-0.4, -0.2) is 15.5 Å². The number of hydrogen-bond acceptors (Lipinski definition) is 4. The Morgan fingerprint density at radius 1 is 1.29 bits per heavy atom. The van der Waals surface area contributed by atoms with Gasteiger partial charge in [-0.25, -0.2) is 8.42 Å². The first-order valence-electron chi connectivity index (χ1n) is 5.75. The molecule has 0 saturated carbocycles. The summed E-state index contributed by atoms with van der Waals surface area (Å²) in [6.45, 7) is 0. The number of sulfonamides is 1. The molecular formula is C13H12BrClN2O3S. The van der Waals surface area contributed by atoms with Crippen LogP contribution in [0.2, 0.25) is 5.02 Å². The van der Waals surface area contributed by atoms with E-state index in [0.717, 1.165) is 0 Å². The quantitative estimate of drug-likeness (QED) is 0.782. The largest absolute Gasteiger partial charge is 0.495 e. The second-order valence-electron chi connectivity index (χ2n) is 4.11. The molecule has 0 spiro atoms. The minimum Gasteiger partial charge on any atom is -0.495 e. The first-order chi connectivity index (χ1) is 9.85. The Morgan fingerprint density at radius 2 is 2.00 bits per heavy atom. The van der Waals surface area contributed by atoms with Gasteiger partial charge in [-0.2, -0.15) is 0 Å². The van der Waals surface area contributed by atoms with Gasteiger partial charge in [0.25, 0.3) is 10.0 Å². The van der Waals surface area contributed by atoms with Gasteiger partial charge in [-0.05, 0) is 40.2 Å². The predicted molar refractivity (Wildman–Crippen MR) is 87.4 cm³/mol. The number of hydrogen-bond donors (Lipinski definition) is 2. The molecule has 2 aromatic carbocycles. The zero-order valence-electron chi connectivity index (χ0n) is 10.9. The molecular weight excluding hydrogens is 380 g/mol. The molecule has 0 bridgehead atoms. The van der Waals surface area contributed by atoms with Crippen molar-refractivity contribution in [3.8, 4) is 5.75 Å². The Balaban J connectivity index is 2.41. The lowest BCUT2D eigenvalue weighted by Crippen LogP contribution is -2.13. The van der Waals surface area contributed by atoms with Gasteiger partial charge < -0.3 is 10.5 Å². The molecule has 21 heavy (non-hydrogen) atoms. The fourth-order valence-electron chi connectivity index (χ4n) is 1.64. The van der Waals surface area contributed by atoms with Crippen LogP contribution >= 0.6 is 27.5 Å². The first-order valence-corrected chi connectivity index (χ1v) is 8.41. The number of nitrogens with one attached hydrogen (secondary N) is 1. The molecule has 0 fully saturated rings. The van der Waals surface area contributed by atoms with Crippen molar-refractivity contribution in [2.75, 3.05) is 17.6 Å². The van der Waals surface area contributed by atoms with Crippen LogP contribution in [-0.2, 0) is 10.0 Å². The molecule has 0 aliphatic carbocycles. The third-order valence-electron chi connectivity index (χ3n) is 2.71. The molecule has 112 valence electrons. The monoisotopic (exact) mass is 390 g/mol. The van der Waals surface area contributed by atoms with Gasteiger partial charge in [0.05, 0.1) is 32.9 Å². The van der Waals surface area contributed by atoms with Crippen LogP contribution in [0.25, 0.3) is 0 Å². The van der Waals surface area contributed by atoms with Crippen molar-refractivity contribution in [1.82, 2.24) is 0 Å². The minimum atomic E-state index is -3.78. The van der Waals surface area contributed by atoms with Gasteiger partial charge in [0.1, 0.15) is 5.75 Å². The van der Waals surface area contributed by atoms with E-state index >= 15 is 0 Å². The van der Waals surface area contributed by atoms with Crippen molar-refractivity contribution in [3.05, 3.63) is 45.9 Å². The molecule has 2 rings (SSSR count). The summed E-state index contributed by atoms with van der Waals surface area (Å²) in [5.41, 5.74) is 6.38. The van der Waals surface area contributed by atoms with Gasteiger partial charge >= 0.3 is 0 Å². The predicted octanol–water partition coefficient (Wildman–Crippen LogP) is 3.49. The van der Waals surface area contributed by atoms with Crippen LogP contribution in [0.1, 0.15) is 0 Å². The number of halogens is 2. The van der Waals surface area contributed by atoms with Gasteiger partial charge in [-0.3, -0.25) is 4.72 Å². The van der Waals surface area contributed by atoms with Gasteiger partial charge in [-0.15, -0.1) is 0 Å². The lowest BCUT2D eigenvalue weighted by Gasteiger charge is -2.12. The summed E-state index contributed by atoms with van der Waals surface area (Å²) < 4.78 is 32.7. The van der Waals surface area contributed by atoms with Gasteiger partial charge in [0.2, 0.25) is 0 Å². The molecule has 0 amide bonds. The Hall–Kier alpha value is -1.44. The SMILES string of the molecule is COc1cc(S(=O)(=O)Nc2cccc(Cl)c2Br)ccc1N. The fourth-order valence-corrected chi connectivity index (χ4v) is 3.40. The van der Waals surface area contributed by atoms with E-state index < -0.39 is 10.0 Å². The Morgan fingerprint density at radius 3 is 2.67 bits per heavy atom. The Labute approximate surface area is 136 Å². The third-order valence-corrected chi connectivity index (χ3v) is 5.47. The van der Waals surface area contributed by atoms with Crippen molar-refractivity contribution < 1.29 is 13.2 Å². The van der Waals surface area contributed by atoms with E-state index in [9.17, 15) is 8.42 Å². The number of nitrogens with two attached hydrogens (primary N) is 1. The first kappa shape index (κ1) is 15.9. The van der Waals surface area contributed by atoms with E-state index in [1.54, 1.807) is 18.2 Å².